The van der Waals surface area contributed by atoms with Crippen LogP contribution in [0.2, 0.25) is 0 Å². The first kappa shape index (κ1) is 16.3. The van der Waals surface area contributed by atoms with Crippen LogP contribution in [-0.4, -0.2) is 64.2 Å². The number of nitrogens with two attached hydrogens (primary N) is 1. The molecule has 2 aliphatic heterocycles. The number of sulfone groups is 1. The summed E-state index contributed by atoms with van der Waals surface area (Å²) in [5.74, 6) is 1.57. The van der Waals surface area contributed by atoms with E-state index in [1.807, 2.05) is 4.68 Å². The van der Waals surface area contributed by atoms with E-state index in [0.29, 0.717) is 37.9 Å². The van der Waals surface area contributed by atoms with E-state index in [1.54, 1.807) is 12.3 Å². The molecule has 4 heterocycles. The van der Waals surface area contributed by atoms with Crippen molar-refractivity contribution in [3.63, 3.8) is 0 Å². The van der Waals surface area contributed by atoms with E-state index in [-0.39, 0.29) is 11.5 Å². The van der Waals surface area contributed by atoms with Crippen LogP contribution in [0.4, 0.5) is 11.8 Å². The Hall–Kier alpha value is -2.20. The van der Waals surface area contributed by atoms with Gasteiger partial charge in [0.15, 0.2) is 9.84 Å². The number of nitrogen functional groups attached to an aromatic ring is 1. The second kappa shape index (κ2) is 6.26. The molecular formula is C15H21N7O2S. The molecule has 0 spiro atoms. The van der Waals surface area contributed by atoms with Gasteiger partial charge in [-0.3, -0.25) is 9.58 Å². The van der Waals surface area contributed by atoms with Gasteiger partial charge in [-0.05, 0) is 12.1 Å². The van der Waals surface area contributed by atoms with Crippen molar-refractivity contribution in [2.45, 2.75) is 19.6 Å². The number of anilines is 2. The molecule has 10 heteroatoms. The van der Waals surface area contributed by atoms with E-state index < -0.39 is 9.84 Å². The molecule has 0 atom stereocenters. The van der Waals surface area contributed by atoms with Crippen LogP contribution in [-0.2, 0) is 29.5 Å². The van der Waals surface area contributed by atoms with E-state index in [9.17, 15) is 8.42 Å². The lowest BCUT2D eigenvalue weighted by Gasteiger charge is -2.27. The van der Waals surface area contributed by atoms with Crippen LogP contribution >= 0.6 is 0 Å². The highest BCUT2D eigenvalue weighted by Gasteiger charge is 2.24. The Labute approximate surface area is 146 Å². The smallest absolute Gasteiger partial charge is 0.227 e. The van der Waals surface area contributed by atoms with Gasteiger partial charge in [0.2, 0.25) is 5.95 Å². The average molecular weight is 363 g/mol. The highest BCUT2D eigenvalue weighted by molar-refractivity contribution is 7.91. The number of aromatic nitrogens is 4. The molecule has 0 saturated carbocycles. The van der Waals surface area contributed by atoms with Crippen LogP contribution in [0.1, 0.15) is 11.4 Å². The summed E-state index contributed by atoms with van der Waals surface area (Å²) in [5, 5.41) is 4.66. The summed E-state index contributed by atoms with van der Waals surface area (Å²) in [7, 11) is -2.85. The molecule has 0 bridgehead atoms. The summed E-state index contributed by atoms with van der Waals surface area (Å²) in [5.41, 5.74) is 7.83. The largest absolute Gasteiger partial charge is 0.384 e. The molecule has 4 rings (SSSR count). The molecule has 25 heavy (non-hydrogen) atoms. The zero-order valence-electron chi connectivity index (χ0n) is 13.9. The van der Waals surface area contributed by atoms with Gasteiger partial charge in [-0.15, -0.1) is 0 Å². The summed E-state index contributed by atoms with van der Waals surface area (Å²) in [6.45, 7) is 4.07. The van der Waals surface area contributed by atoms with Gasteiger partial charge in [0.25, 0.3) is 0 Å². The minimum absolute atomic E-state index is 0.237. The van der Waals surface area contributed by atoms with Crippen LogP contribution < -0.4 is 10.6 Å². The van der Waals surface area contributed by atoms with Crippen molar-refractivity contribution in [3.8, 4) is 0 Å². The lowest BCUT2D eigenvalue weighted by atomic mass is 10.3. The van der Waals surface area contributed by atoms with Crippen LogP contribution in [0.3, 0.4) is 0 Å². The van der Waals surface area contributed by atoms with Crippen molar-refractivity contribution in [1.82, 2.24) is 24.6 Å². The summed E-state index contributed by atoms with van der Waals surface area (Å²) in [4.78, 5) is 12.8. The number of rotatable bonds is 3. The first-order chi connectivity index (χ1) is 12.0. The van der Waals surface area contributed by atoms with Crippen molar-refractivity contribution in [3.05, 3.63) is 29.7 Å². The maximum Gasteiger partial charge on any atom is 0.227 e. The number of fused-ring (bicyclic) bond motifs is 1. The minimum atomic E-state index is -2.85. The highest BCUT2D eigenvalue weighted by Crippen LogP contribution is 2.19. The predicted molar refractivity (Wildman–Crippen MR) is 93.7 cm³/mol. The van der Waals surface area contributed by atoms with Gasteiger partial charge in [0.1, 0.15) is 5.82 Å². The van der Waals surface area contributed by atoms with E-state index in [4.69, 9.17) is 5.73 Å². The predicted octanol–water partition coefficient (Wildman–Crippen LogP) is -0.494. The Morgan fingerprint density at radius 3 is 2.72 bits per heavy atom. The maximum atomic E-state index is 11.5. The Morgan fingerprint density at radius 2 is 1.96 bits per heavy atom. The molecule has 0 unspecified atom stereocenters. The molecule has 9 nitrogen and oxygen atoms in total. The maximum absolute atomic E-state index is 11.5. The molecule has 1 saturated heterocycles. The molecule has 2 aliphatic rings. The van der Waals surface area contributed by atoms with Gasteiger partial charge in [-0.25, -0.2) is 13.4 Å². The zero-order valence-corrected chi connectivity index (χ0v) is 14.7. The molecular weight excluding hydrogens is 342 g/mol. The van der Waals surface area contributed by atoms with E-state index in [0.717, 1.165) is 24.5 Å². The van der Waals surface area contributed by atoms with Crippen molar-refractivity contribution < 1.29 is 8.42 Å². The quantitative estimate of drug-likeness (QED) is 0.777. The fraction of sp³-hybridized carbons (Fsp3) is 0.533. The number of nitrogens with zero attached hydrogens (tertiary/aromatic N) is 6. The van der Waals surface area contributed by atoms with Crippen LogP contribution in [0, 0.1) is 0 Å². The van der Waals surface area contributed by atoms with Gasteiger partial charge in [-0.1, -0.05) is 0 Å². The van der Waals surface area contributed by atoms with E-state index >= 15 is 0 Å². The Balaban J connectivity index is 1.44. The Kier molecular flexibility index (Phi) is 4.08. The fourth-order valence-corrected chi connectivity index (χ4v) is 4.50. The third kappa shape index (κ3) is 3.59. The van der Waals surface area contributed by atoms with Gasteiger partial charge < -0.3 is 10.6 Å². The van der Waals surface area contributed by atoms with Gasteiger partial charge in [0, 0.05) is 32.4 Å². The monoisotopic (exact) mass is 363 g/mol. The third-order valence-corrected chi connectivity index (χ3v) is 6.23. The third-order valence-electron chi connectivity index (χ3n) is 4.62. The van der Waals surface area contributed by atoms with Crippen LogP contribution in [0.25, 0.3) is 0 Å². The minimum Gasteiger partial charge on any atom is -0.384 e. The summed E-state index contributed by atoms with van der Waals surface area (Å²) in [6, 6.07) is 3.76. The van der Waals surface area contributed by atoms with Gasteiger partial charge in [0.05, 0.1) is 36.0 Å². The average Bonchev–Trinajstić information content (AvgIpc) is 2.98. The lowest BCUT2D eigenvalue weighted by molar-refractivity contribution is 0.283. The molecule has 0 radical (unpaired) electrons. The Morgan fingerprint density at radius 1 is 1.16 bits per heavy atom. The molecule has 2 aromatic rings. The first-order valence-corrected chi connectivity index (χ1v) is 10.1. The second-order valence-electron chi connectivity index (χ2n) is 6.48. The van der Waals surface area contributed by atoms with Crippen LogP contribution in [0.15, 0.2) is 18.3 Å². The fourth-order valence-electron chi connectivity index (χ4n) is 3.23. The van der Waals surface area contributed by atoms with Gasteiger partial charge in [-0.2, -0.15) is 10.1 Å². The standard InChI is InChI=1S/C15H21N7O2S/c16-14-1-2-17-15(18-14)21-3-4-22-13(11-21)9-12(19-22)10-20-5-7-25(23,24)8-6-20/h1-2,9H,3-8,10-11H2,(H2,16,17,18). The van der Waals surface area contributed by atoms with E-state index in [2.05, 4.69) is 30.9 Å². The molecule has 0 amide bonds. The lowest BCUT2D eigenvalue weighted by Crippen LogP contribution is -2.39. The summed E-state index contributed by atoms with van der Waals surface area (Å²) >= 11 is 0. The Bertz CT molecular complexity index is 866. The van der Waals surface area contributed by atoms with Crippen molar-refractivity contribution in [2.24, 2.45) is 0 Å². The molecule has 2 N–H and O–H groups in total. The van der Waals surface area contributed by atoms with Crippen molar-refractivity contribution in [2.75, 3.05) is 41.8 Å². The normalized spacial score (nSPS) is 20.4. The van der Waals surface area contributed by atoms with E-state index in [1.165, 1.54) is 0 Å². The van der Waals surface area contributed by atoms with Crippen LogP contribution in [0.5, 0.6) is 0 Å². The molecule has 0 aromatic carbocycles. The highest BCUT2D eigenvalue weighted by atomic mass is 32.2. The molecule has 0 aliphatic carbocycles. The zero-order chi connectivity index (χ0) is 17.4. The summed E-state index contributed by atoms with van der Waals surface area (Å²) in [6.07, 6.45) is 1.67. The SMILES string of the molecule is Nc1ccnc(N2CCn3nc(CN4CCS(=O)(=O)CC4)cc3C2)n1. The molecule has 134 valence electrons. The summed E-state index contributed by atoms with van der Waals surface area (Å²) < 4.78 is 25.1. The van der Waals surface area contributed by atoms with Crippen molar-refractivity contribution >= 4 is 21.6 Å². The number of hydrogen-bond acceptors (Lipinski definition) is 8. The second-order valence-corrected chi connectivity index (χ2v) is 8.78. The number of hydrogen-bond donors (Lipinski definition) is 1. The molecule has 2 aromatic heterocycles. The van der Waals surface area contributed by atoms with Gasteiger partial charge >= 0.3 is 0 Å². The molecule has 1 fully saturated rings. The topological polar surface area (TPSA) is 110 Å². The first-order valence-electron chi connectivity index (χ1n) is 8.30. The van der Waals surface area contributed by atoms with Crippen molar-refractivity contribution in [1.29, 1.82) is 0 Å².